The first-order chi connectivity index (χ1) is 7.99. The molecule has 0 rings (SSSR count). The van der Waals surface area contributed by atoms with Crippen LogP contribution in [0.4, 0.5) is 0 Å². The number of ether oxygens (including phenoxy) is 1. The van der Waals surface area contributed by atoms with Crippen molar-refractivity contribution in [1.82, 2.24) is 10.2 Å². The fourth-order valence-electron chi connectivity index (χ4n) is 1.28. The number of rotatable bonds is 8. The number of carbonyl (C=O) groups is 1. The summed E-state index contributed by atoms with van der Waals surface area (Å²) >= 11 is 0. The number of esters is 1. The van der Waals surface area contributed by atoms with Crippen molar-refractivity contribution in [2.75, 3.05) is 33.8 Å². The van der Waals surface area contributed by atoms with Gasteiger partial charge in [0.1, 0.15) is 0 Å². The molecule has 4 nitrogen and oxygen atoms in total. The van der Waals surface area contributed by atoms with Gasteiger partial charge in [0.25, 0.3) is 0 Å². The van der Waals surface area contributed by atoms with Crippen LogP contribution >= 0.6 is 0 Å². The van der Waals surface area contributed by atoms with Crippen LogP contribution in [0.3, 0.4) is 0 Å². The molecular formula is C13H26N2O2. The summed E-state index contributed by atoms with van der Waals surface area (Å²) in [4.78, 5) is 13.4. The molecule has 0 aromatic heterocycles. The smallest absolute Gasteiger partial charge is 0.333 e. The average molecular weight is 242 g/mol. The van der Waals surface area contributed by atoms with Gasteiger partial charge in [-0.25, -0.2) is 4.79 Å². The lowest BCUT2D eigenvalue weighted by Gasteiger charge is -2.20. The van der Waals surface area contributed by atoms with Crippen LogP contribution in [0.5, 0.6) is 0 Å². The molecule has 4 heteroatoms. The summed E-state index contributed by atoms with van der Waals surface area (Å²) in [5.74, 6) is -0.258. The quantitative estimate of drug-likeness (QED) is 0.397. The van der Waals surface area contributed by atoms with E-state index < -0.39 is 0 Å². The summed E-state index contributed by atoms with van der Waals surface area (Å²) in [7, 11) is 3.53. The zero-order valence-electron chi connectivity index (χ0n) is 11.7. The minimum Gasteiger partial charge on any atom is -0.466 e. The largest absolute Gasteiger partial charge is 0.466 e. The third-order valence-corrected chi connectivity index (χ3v) is 2.81. The molecule has 0 aliphatic rings. The zero-order valence-corrected chi connectivity index (χ0v) is 11.7. The molecule has 0 aliphatic carbocycles. The lowest BCUT2D eigenvalue weighted by Crippen LogP contribution is -2.29. The van der Waals surface area contributed by atoms with Crippen LogP contribution in [0.15, 0.2) is 11.6 Å². The fourth-order valence-corrected chi connectivity index (χ4v) is 1.28. The standard InChI is InChI=1S/C13H26N2O2/c1-11(2)15(4)10-6-8-14-9-7-12(3)13(16)17-5/h7,11,14H,6,8-10H2,1-5H3. The minimum absolute atomic E-state index is 0.258. The monoisotopic (exact) mass is 242 g/mol. The summed E-state index contributed by atoms with van der Waals surface area (Å²) in [5, 5.41) is 3.28. The molecule has 0 atom stereocenters. The van der Waals surface area contributed by atoms with Gasteiger partial charge in [-0.1, -0.05) is 6.08 Å². The van der Waals surface area contributed by atoms with E-state index in [0.29, 0.717) is 18.2 Å². The predicted molar refractivity (Wildman–Crippen MR) is 71.0 cm³/mol. The molecular weight excluding hydrogens is 216 g/mol. The van der Waals surface area contributed by atoms with E-state index in [1.165, 1.54) is 7.11 Å². The van der Waals surface area contributed by atoms with Crippen molar-refractivity contribution in [2.45, 2.75) is 33.2 Å². The summed E-state index contributed by atoms with van der Waals surface area (Å²) < 4.78 is 4.61. The van der Waals surface area contributed by atoms with E-state index >= 15 is 0 Å². The van der Waals surface area contributed by atoms with Gasteiger partial charge < -0.3 is 15.0 Å². The Morgan fingerprint density at radius 1 is 1.47 bits per heavy atom. The van der Waals surface area contributed by atoms with Crippen molar-refractivity contribution < 1.29 is 9.53 Å². The Morgan fingerprint density at radius 2 is 2.12 bits per heavy atom. The van der Waals surface area contributed by atoms with E-state index in [-0.39, 0.29) is 5.97 Å². The Kier molecular flexibility index (Phi) is 8.72. The summed E-state index contributed by atoms with van der Waals surface area (Å²) in [5.41, 5.74) is 0.652. The van der Waals surface area contributed by atoms with Crippen molar-refractivity contribution >= 4 is 5.97 Å². The number of methoxy groups -OCH3 is 1. The Balaban J connectivity index is 3.56. The molecule has 0 saturated heterocycles. The molecule has 1 N–H and O–H groups in total. The van der Waals surface area contributed by atoms with Crippen molar-refractivity contribution in [3.05, 3.63) is 11.6 Å². The van der Waals surface area contributed by atoms with Gasteiger partial charge in [0.2, 0.25) is 0 Å². The predicted octanol–water partition coefficient (Wildman–Crippen LogP) is 1.43. The fraction of sp³-hybridized carbons (Fsp3) is 0.769. The molecule has 0 aliphatic heterocycles. The maximum atomic E-state index is 11.1. The normalized spacial score (nSPS) is 12.3. The van der Waals surface area contributed by atoms with Crippen molar-refractivity contribution in [2.24, 2.45) is 0 Å². The van der Waals surface area contributed by atoms with Crippen LogP contribution in [0.1, 0.15) is 27.2 Å². The molecule has 0 aromatic rings. The van der Waals surface area contributed by atoms with Gasteiger partial charge in [0.05, 0.1) is 7.11 Å². The van der Waals surface area contributed by atoms with Crippen LogP contribution in [0.25, 0.3) is 0 Å². The van der Waals surface area contributed by atoms with E-state index in [0.717, 1.165) is 19.5 Å². The van der Waals surface area contributed by atoms with Crippen molar-refractivity contribution in [1.29, 1.82) is 0 Å². The Bertz CT molecular complexity index is 250. The van der Waals surface area contributed by atoms with Gasteiger partial charge in [-0.05, 0) is 47.3 Å². The van der Waals surface area contributed by atoms with E-state index in [2.05, 4.69) is 35.8 Å². The maximum absolute atomic E-state index is 11.1. The maximum Gasteiger partial charge on any atom is 0.333 e. The molecule has 0 fully saturated rings. The van der Waals surface area contributed by atoms with E-state index in [1.54, 1.807) is 6.92 Å². The topological polar surface area (TPSA) is 41.6 Å². The van der Waals surface area contributed by atoms with Crippen LogP contribution < -0.4 is 5.32 Å². The third kappa shape index (κ3) is 7.94. The van der Waals surface area contributed by atoms with Crippen molar-refractivity contribution in [3.63, 3.8) is 0 Å². The third-order valence-electron chi connectivity index (χ3n) is 2.81. The summed E-state index contributed by atoms with van der Waals surface area (Å²) in [6.45, 7) is 8.91. The first kappa shape index (κ1) is 16.1. The van der Waals surface area contributed by atoms with Gasteiger partial charge >= 0.3 is 5.97 Å². The van der Waals surface area contributed by atoms with Crippen LogP contribution in [-0.2, 0) is 9.53 Å². The van der Waals surface area contributed by atoms with Crippen LogP contribution in [0, 0.1) is 0 Å². The second kappa shape index (κ2) is 9.19. The Labute approximate surface area is 105 Å². The molecule has 0 heterocycles. The molecule has 17 heavy (non-hydrogen) atoms. The van der Waals surface area contributed by atoms with Crippen LogP contribution in [0.2, 0.25) is 0 Å². The van der Waals surface area contributed by atoms with Gasteiger partial charge in [-0.2, -0.15) is 0 Å². The summed E-state index contributed by atoms with van der Waals surface area (Å²) in [6.07, 6.45) is 2.97. The molecule has 0 aromatic carbocycles. The SMILES string of the molecule is COC(=O)C(C)=CCNCCCN(C)C(C)C. The average Bonchev–Trinajstić information content (AvgIpc) is 2.31. The molecule has 0 unspecified atom stereocenters. The van der Waals surface area contributed by atoms with Gasteiger partial charge in [0.15, 0.2) is 0 Å². The highest BCUT2D eigenvalue weighted by atomic mass is 16.5. The van der Waals surface area contributed by atoms with E-state index in [1.807, 2.05) is 6.08 Å². The van der Waals surface area contributed by atoms with Gasteiger partial charge in [0, 0.05) is 18.2 Å². The number of nitrogens with one attached hydrogen (secondary N) is 1. The molecule has 0 spiro atoms. The lowest BCUT2D eigenvalue weighted by atomic mass is 10.3. The van der Waals surface area contributed by atoms with Crippen molar-refractivity contribution in [3.8, 4) is 0 Å². The number of nitrogens with zero attached hydrogens (tertiary/aromatic N) is 1. The lowest BCUT2D eigenvalue weighted by molar-refractivity contribution is -0.136. The molecule has 0 amide bonds. The highest BCUT2D eigenvalue weighted by Crippen LogP contribution is 1.95. The second-order valence-electron chi connectivity index (χ2n) is 4.51. The highest BCUT2D eigenvalue weighted by Gasteiger charge is 2.02. The zero-order chi connectivity index (χ0) is 13.3. The highest BCUT2D eigenvalue weighted by molar-refractivity contribution is 5.87. The first-order valence-corrected chi connectivity index (χ1v) is 6.15. The molecule has 0 bridgehead atoms. The number of hydrogen-bond acceptors (Lipinski definition) is 4. The van der Waals surface area contributed by atoms with Gasteiger partial charge in [-0.3, -0.25) is 0 Å². The summed E-state index contributed by atoms with van der Waals surface area (Å²) in [6, 6.07) is 0.594. The first-order valence-electron chi connectivity index (χ1n) is 6.15. The minimum atomic E-state index is -0.258. The molecule has 100 valence electrons. The Morgan fingerprint density at radius 3 is 2.65 bits per heavy atom. The molecule has 0 saturated carbocycles. The Hall–Kier alpha value is -0.870. The molecule has 0 radical (unpaired) electrons. The van der Waals surface area contributed by atoms with E-state index in [9.17, 15) is 4.79 Å². The second-order valence-corrected chi connectivity index (χ2v) is 4.51. The van der Waals surface area contributed by atoms with E-state index in [4.69, 9.17) is 0 Å². The number of hydrogen-bond donors (Lipinski definition) is 1. The van der Waals surface area contributed by atoms with Gasteiger partial charge in [-0.15, -0.1) is 0 Å². The number of carbonyl (C=O) groups excluding carboxylic acids is 1. The van der Waals surface area contributed by atoms with Crippen LogP contribution in [-0.4, -0.2) is 50.7 Å².